The molecule has 0 saturated carbocycles. The smallest absolute Gasteiger partial charge is 0.354 e. The molecular formula is C31H40ClFN8O2. The first-order valence-electron chi connectivity index (χ1n) is 14.4. The zero-order valence-corrected chi connectivity index (χ0v) is 25.2. The molecule has 2 aromatic carbocycles. The van der Waals surface area contributed by atoms with E-state index in [2.05, 4.69) is 20.3 Å². The first-order chi connectivity index (χ1) is 20.5. The van der Waals surface area contributed by atoms with Crippen LogP contribution in [0, 0.1) is 5.82 Å². The summed E-state index contributed by atoms with van der Waals surface area (Å²) in [6.07, 6.45) is 5.31. The van der Waals surface area contributed by atoms with E-state index < -0.39 is 11.5 Å². The number of aliphatic imine (C=N–C) groups is 1. The largest absolute Gasteiger partial charge is 0.396 e. The number of aromatic amines is 1. The van der Waals surface area contributed by atoms with Gasteiger partial charge in [0.25, 0.3) is 0 Å². The molecule has 4 rings (SSSR count). The Morgan fingerprint density at radius 2 is 1.91 bits per heavy atom. The number of rotatable bonds is 14. The van der Waals surface area contributed by atoms with Gasteiger partial charge in [-0.15, -0.1) is 0 Å². The predicted octanol–water partition coefficient (Wildman–Crippen LogP) is 3.91. The second-order valence-corrected chi connectivity index (χ2v) is 11.4. The molecule has 0 aliphatic rings. The van der Waals surface area contributed by atoms with E-state index in [0.29, 0.717) is 47.4 Å². The Morgan fingerprint density at radius 1 is 1.16 bits per heavy atom. The number of guanidine groups is 1. The van der Waals surface area contributed by atoms with Crippen molar-refractivity contribution in [2.45, 2.75) is 64.1 Å². The number of aliphatic hydroxyl groups excluding tert-OH is 1. The number of hydrogen-bond donors (Lipinski definition) is 6. The molecule has 0 radical (unpaired) electrons. The summed E-state index contributed by atoms with van der Waals surface area (Å²) in [4.78, 5) is 24.4. The maximum atomic E-state index is 15.1. The van der Waals surface area contributed by atoms with Crippen LogP contribution in [0.5, 0.6) is 0 Å². The van der Waals surface area contributed by atoms with Crippen molar-refractivity contribution in [1.82, 2.24) is 19.9 Å². The molecule has 9 N–H and O–H groups in total. The van der Waals surface area contributed by atoms with Crippen LogP contribution in [0.2, 0.25) is 5.02 Å². The third kappa shape index (κ3) is 8.41. The van der Waals surface area contributed by atoms with Gasteiger partial charge in [0.2, 0.25) is 0 Å². The number of benzene rings is 2. The lowest BCUT2D eigenvalue weighted by atomic mass is 10.0. The average molecular weight is 611 g/mol. The second kappa shape index (κ2) is 14.6. The van der Waals surface area contributed by atoms with E-state index in [1.807, 2.05) is 38.1 Å². The first-order valence-corrected chi connectivity index (χ1v) is 14.8. The van der Waals surface area contributed by atoms with Crippen LogP contribution in [0.25, 0.3) is 28.0 Å². The fourth-order valence-corrected chi connectivity index (χ4v) is 5.32. The van der Waals surface area contributed by atoms with Crippen LogP contribution < -0.4 is 28.2 Å². The molecule has 4 aromatic rings. The van der Waals surface area contributed by atoms with Crippen molar-refractivity contribution in [2.24, 2.45) is 22.2 Å². The maximum absolute atomic E-state index is 15.1. The molecule has 10 nitrogen and oxygen atoms in total. The van der Waals surface area contributed by atoms with Gasteiger partial charge >= 0.3 is 5.69 Å². The standard InChI is InChI=1S/C31H40ClFN8O2/c1-18(34)4-3-5-20-14-25(28(33)26(32)15-20)27-16-22-17-41(31(43)40-29(22)39-27)24-8-6-21(7-9-24)19(2)37-12-10-23(11-13-42)38-30(35)36/h6-9,14-19,23,37,42H,3-5,10-13,34H2,1-2H3,(H4,35,36,38)(H,39,40,43)/t18-,19-,23-/m0/s1. The van der Waals surface area contributed by atoms with Gasteiger partial charge in [-0.25, -0.2) is 9.18 Å². The summed E-state index contributed by atoms with van der Waals surface area (Å²) in [5, 5.41) is 13.4. The normalized spacial score (nSPS) is 13.6. The lowest BCUT2D eigenvalue weighted by molar-refractivity contribution is 0.272. The Hall–Kier alpha value is -3.77. The van der Waals surface area contributed by atoms with E-state index in [-0.39, 0.29) is 35.7 Å². The fraction of sp³-hybridized carbons (Fsp3) is 0.387. The van der Waals surface area contributed by atoms with Crippen molar-refractivity contribution < 1.29 is 9.50 Å². The van der Waals surface area contributed by atoms with Gasteiger partial charge < -0.3 is 32.6 Å². The van der Waals surface area contributed by atoms with Gasteiger partial charge in [0, 0.05) is 35.8 Å². The SMILES string of the molecule is C[C@H](N)CCCc1cc(Cl)c(F)c(-c2cc3cn(-c4ccc([C@H](C)NCC[C@@H](CCO)N=C(N)N)cc4)c(=O)nc3[nH]2)c1. The first kappa shape index (κ1) is 32.2. The third-order valence-electron chi connectivity index (χ3n) is 7.40. The van der Waals surface area contributed by atoms with Gasteiger partial charge in [0.15, 0.2) is 11.8 Å². The van der Waals surface area contributed by atoms with E-state index in [1.54, 1.807) is 24.4 Å². The number of halogens is 2. The molecule has 2 heterocycles. The van der Waals surface area contributed by atoms with Crippen LogP contribution in [-0.2, 0) is 6.42 Å². The van der Waals surface area contributed by atoms with Gasteiger partial charge in [0.05, 0.1) is 22.4 Å². The Morgan fingerprint density at radius 3 is 2.58 bits per heavy atom. The Labute approximate surface area is 255 Å². The number of nitrogens with zero attached hydrogens (tertiary/aromatic N) is 3. The molecular weight excluding hydrogens is 571 g/mol. The highest BCUT2D eigenvalue weighted by atomic mass is 35.5. The monoisotopic (exact) mass is 610 g/mol. The van der Waals surface area contributed by atoms with Gasteiger partial charge in [-0.1, -0.05) is 23.7 Å². The molecule has 0 unspecified atom stereocenters. The van der Waals surface area contributed by atoms with Gasteiger partial charge in [-0.3, -0.25) is 9.56 Å². The number of aromatic nitrogens is 3. The molecule has 0 aliphatic heterocycles. The minimum atomic E-state index is -0.530. The summed E-state index contributed by atoms with van der Waals surface area (Å²) >= 11 is 6.24. The van der Waals surface area contributed by atoms with Crippen LogP contribution in [0.4, 0.5) is 4.39 Å². The van der Waals surface area contributed by atoms with E-state index in [0.717, 1.165) is 30.4 Å². The third-order valence-corrected chi connectivity index (χ3v) is 7.68. The number of aliphatic hydroxyl groups is 1. The van der Waals surface area contributed by atoms with E-state index in [9.17, 15) is 9.90 Å². The molecule has 0 saturated heterocycles. The number of nitrogens with two attached hydrogens (primary N) is 3. The molecule has 0 fully saturated rings. The molecule has 0 aliphatic carbocycles. The summed E-state index contributed by atoms with van der Waals surface area (Å²) in [6, 6.07) is 12.8. The minimum Gasteiger partial charge on any atom is -0.396 e. The number of aryl methyl sites for hydroxylation is 1. The molecule has 3 atom stereocenters. The lowest BCUT2D eigenvalue weighted by Crippen LogP contribution is -2.28. The number of hydrogen-bond acceptors (Lipinski definition) is 6. The Bertz CT molecular complexity index is 1610. The fourth-order valence-electron chi connectivity index (χ4n) is 5.08. The highest BCUT2D eigenvalue weighted by molar-refractivity contribution is 6.31. The van der Waals surface area contributed by atoms with Crippen molar-refractivity contribution in [2.75, 3.05) is 13.2 Å². The van der Waals surface area contributed by atoms with E-state index in [1.165, 1.54) is 4.57 Å². The van der Waals surface area contributed by atoms with E-state index >= 15 is 4.39 Å². The van der Waals surface area contributed by atoms with Crippen molar-refractivity contribution in [3.63, 3.8) is 0 Å². The zero-order chi connectivity index (χ0) is 31.1. The van der Waals surface area contributed by atoms with Crippen molar-refractivity contribution >= 4 is 28.6 Å². The second-order valence-electron chi connectivity index (χ2n) is 11.0. The minimum absolute atomic E-state index is 0.00963. The van der Waals surface area contributed by atoms with Crippen molar-refractivity contribution in [1.29, 1.82) is 0 Å². The summed E-state index contributed by atoms with van der Waals surface area (Å²) in [6.45, 7) is 4.66. The van der Waals surface area contributed by atoms with Gasteiger partial charge in [0.1, 0.15) is 5.65 Å². The molecule has 2 aromatic heterocycles. The van der Waals surface area contributed by atoms with Crippen molar-refractivity contribution in [3.8, 4) is 16.9 Å². The average Bonchev–Trinajstić information content (AvgIpc) is 3.36. The topological polar surface area (TPSA) is 173 Å². The van der Waals surface area contributed by atoms with Crippen molar-refractivity contribution in [3.05, 3.63) is 81.1 Å². The Kier molecular flexibility index (Phi) is 10.9. The summed E-state index contributed by atoms with van der Waals surface area (Å²) in [5.41, 5.74) is 20.2. The maximum Gasteiger partial charge on any atom is 0.354 e. The highest BCUT2D eigenvalue weighted by Gasteiger charge is 2.16. The summed E-state index contributed by atoms with van der Waals surface area (Å²) in [5.74, 6) is -0.520. The van der Waals surface area contributed by atoms with E-state index in [4.69, 9.17) is 28.8 Å². The van der Waals surface area contributed by atoms with Crippen LogP contribution >= 0.6 is 11.6 Å². The number of H-pyrrole nitrogens is 1. The quantitative estimate of drug-likeness (QED) is 0.0927. The molecule has 43 heavy (non-hydrogen) atoms. The predicted molar refractivity (Wildman–Crippen MR) is 171 cm³/mol. The number of fused-ring (bicyclic) bond motifs is 1. The Balaban J connectivity index is 1.50. The summed E-state index contributed by atoms with van der Waals surface area (Å²) in [7, 11) is 0. The van der Waals surface area contributed by atoms with Crippen LogP contribution in [-0.4, -0.2) is 50.8 Å². The lowest BCUT2D eigenvalue weighted by Gasteiger charge is -2.17. The number of nitrogens with one attached hydrogen (secondary N) is 2. The summed E-state index contributed by atoms with van der Waals surface area (Å²) < 4.78 is 16.5. The van der Waals surface area contributed by atoms with Crippen LogP contribution in [0.15, 0.2) is 58.4 Å². The highest BCUT2D eigenvalue weighted by Crippen LogP contribution is 2.31. The molecule has 230 valence electrons. The molecule has 0 bridgehead atoms. The zero-order valence-electron chi connectivity index (χ0n) is 24.5. The van der Waals surface area contributed by atoms with Crippen LogP contribution in [0.1, 0.15) is 56.7 Å². The van der Waals surface area contributed by atoms with Crippen LogP contribution in [0.3, 0.4) is 0 Å². The van der Waals surface area contributed by atoms with Gasteiger partial charge in [-0.05, 0) is 94.0 Å². The molecule has 0 amide bonds. The van der Waals surface area contributed by atoms with Gasteiger partial charge in [-0.2, -0.15) is 4.98 Å². The molecule has 0 spiro atoms. The molecule has 12 heteroatoms.